The maximum absolute atomic E-state index is 12.6. The highest BCUT2D eigenvalue weighted by Gasteiger charge is 2.24. The molecule has 0 radical (unpaired) electrons. The van der Waals surface area contributed by atoms with Gasteiger partial charge in [0.15, 0.2) is 0 Å². The Labute approximate surface area is 126 Å². The minimum atomic E-state index is -3.67. The van der Waals surface area contributed by atoms with E-state index in [4.69, 9.17) is 5.11 Å². The van der Waals surface area contributed by atoms with Gasteiger partial charge in [-0.2, -0.15) is 4.31 Å². The third-order valence-electron chi connectivity index (χ3n) is 2.99. The molecule has 0 aliphatic heterocycles. The Balaban J connectivity index is 3.10. The van der Waals surface area contributed by atoms with Crippen LogP contribution in [0, 0.1) is 0 Å². The molecule has 0 spiro atoms. The minimum Gasteiger partial charge on any atom is -0.478 e. The van der Waals surface area contributed by atoms with Crippen LogP contribution in [-0.4, -0.2) is 62.4 Å². The lowest BCUT2D eigenvalue weighted by atomic mass is 10.2. The summed E-state index contributed by atoms with van der Waals surface area (Å²) >= 11 is 0. The monoisotopic (exact) mass is 314 g/mol. The van der Waals surface area contributed by atoms with Crippen LogP contribution in [0.5, 0.6) is 0 Å². The Morgan fingerprint density at radius 1 is 1.19 bits per heavy atom. The van der Waals surface area contributed by atoms with E-state index in [1.54, 1.807) is 0 Å². The maximum Gasteiger partial charge on any atom is 0.335 e. The number of hydrogen-bond acceptors (Lipinski definition) is 4. The molecule has 1 N–H and O–H groups in total. The van der Waals surface area contributed by atoms with Crippen molar-refractivity contribution in [2.75, 3.05) is 33.7 Å². The van der Waals surface area contributed by atoms with Crippen molar-refractivity contribution in [2.45, 2.75) is 18.2 Å². The van der Waals surface area contributed by atoms with Crippen LogP contribution in [0.15, 0.2) is 29.2 Å². The number of sulfonamides is 1. The molecule has 1 aromatic rings. The van der Waals surface area contributed by atoms with Gasteiger partial charge in [0.25, 0.3) is 0 Å². The second-order valence-corrected chi connectivity index (χ2v) is 6.98. The zero-order valence-corrected chi connectivity index (χ0v) is 13.4. The fraction of sp³-hybridized carbons (Fsp3) is 0.500. The molecule has 0 bridgehead atoms. The highest BCUT2D eigenvalue weighted by Crippen LogP contribution is 2.17. The largest absolute Gasteiger partial charge is 0.478 e. The summed E-state index contributed by atoms with van der Waals surface area (Å²) in [6.07, 6.45) is 0.700. The van der Waals surface area contributed by atoms with Gasteiger partial charge in [0.1, 0.15) is 0 Å². The summed E-state index contributed by atoms with van der Waals surface area (Å²) in [5.74, 6) is -1.14. The van der Waals surface area contributed by atoms with Gasteiger partial charge in [-0.1, -0.05) is 13.0 Å². The predicted molar refractivity (Wildman–Crippen MR) is 81.0 cm³/mol. The molecular weight excluding hydrogens is 292 g/mol. The normalized spacial score (nSPS) is 12.0. The molecule has 21 heavy (non-hydrogen) atoms. The van der Waals surface area contributed by atoms with Crippen LogP contribution in [0.3, 0.4) is 0 Å². The van der Waals surface area contributed by atoms with E-state index in [1.165, 1.54) is 28.6 Å². The average Bonchev–Trinajstić information content (AvgIpc) is 2.43. The van der Waals surface area contributed by atoms with Gasteiger partial charge in [0.05, 0.1) is 10.5 Å². The van der Waals surface area contributed by atoms with Crippen LogP contribution < -0.4 is 0 Å². The van der Waals surface area contributed by atoms with Gasteiger partial charge in [0.2, 0.25) is 10.0 Å². The van der Waals surface area contributed by atoms with Gasteiger partial charge in [-0.25, -0.2) is 13.2 Å². The summed E-state index contributed by atoms with van der Waals surface area (Å²) in [5.41, 5.74) is -0.0277. The molecule has 0 aliphatic rings. The first-order chi connectivity index (χ1) is 9.78. The van der Waals surface area contributed by atoms with Crippen molar-refractivity contribution in [1.29, 1.82) is 0 Å². The standard InChI is InChI=1S/C14H22N2O4S/c1-4-8-16(10-9-15(2)3)21(19,20)13-7-5-6-12(11-13)14(17)18/h5-7,11H,4,8-10H2,1-3H3,(H,17,18). The third-order valence-corrected chi connectivity index (χ3v) is 4.88. The van der Waals surface area contributed by atoms with Crippen molar-refractivity contribution in [3.63, 3.8) is 0 Å². The smallest absolute Gasteiger partial charge is 0.335 e. The summed E-state index contributed by atoms with van der Waals surface area (Å²) in [5, 5.41) is 8.98. The molecule has 118 valence electrons. The van der Waals surface area contributed by atoms with E-state index in [2.05, 4.69) is 0 Å². The van der Waals surface area contributed by atoms with Crippen LogP contribution in [-0.2, 0) is 10.0 Å². The topological polar surface area (TPSA) is 77.9 Å². The molecule has 1 rings (SSSR count). The third kappa shape index (κ3) is 4.80. The highest BCUT2D eigenvalue weighted by molar-refractivity contribution is 7.89. The number of likely N-dealkylation sites (N-methyl/N-ethyl adjacent to an activating group) is 1. The number of hydrogen-bond donors (Lipinski definition) is 1. The summed E-state index contributed by atoms with van der Waals surface area (Å²) in [4.78, 5) is 12.9. The number of carbonyl (C=O) groups is 1. The number of carboxylic acid groups (broad SMARTS) is 1. The van der Waals surface area contributed by atoms with Crippen LogP contribution in [0.25, 0.3) is 0 Å². The minimum absolute atomic E-state index is 0.0228. The molecule has 6 nitrogen and oxygen atoms in total. The molecule has 0 aliphatic carbocycles. The van der Waals surface area contributed by atoms with Crippen molar-refractivity contribution >= 4 is 16.0 Å². The van der Waals surface area contributed by atoms with Crippen LogP contribution in [0.1, 0.15) is 23.7 Å². The summed E-state index contributed by atoms with van der Waals surface area (Å²) in [6, 6.07) is 5.47. The number of nitrogens with zero attached hydrogens (tertiary/aromatic N) is 2. The first-order valence-electron chi connectivity index (χ1n) is 6.77. The van der Waals surface area contributed by atoms with Crippen molar-refractivity contribution in [3.8, 4) is 0 Å². The fourth-order valence-corrected chi connectivity index (χ4v) is 3.42. The van der Waals surface area contributed by atoms with Crippen molar-refractivity contribution in [1.82, 2.24) is 9.21 Å². The fourth-order valence-electron chi connectivity index (χ4n) is 1.85. The molecule has 1 aromatic carbocycles. The Hall–Kier alpha value is -1.44. The van der Waals surface area contributed by atoms with Gasteiger partial charge in [-0.05, 0) is 38.7 Å². The molecule has 7 heteroatoms. The van der Waals surface area contributed by atoms with Gasteiger partial charge < -0.3 is 10.0 Å². The van der Waals surface area contributed by atoms with E-state index < -0.39 is 16.0 Å². The molecule has 0 fully saturated rings. The number of carboxylic acids is 1. The molecule has 0 heterocycles. The van der Waals surface area contributed by atoms with E-state index in [9.17, 15) is 13.2 Å². The number of aromatic carboxylic acids is 1. The zero-order chi connectivity index (χ0) is 16.0. The summed E-state index contributed by atoms with van der Waals surface area (Å²) < 4.78 is 26.6. The molecule has 0 saturated heterocycles. The summed E-state index contributed by atoms with van der Waals surface area (Å²) in [7, 11) is 0.0820. The predicted octanol–water partition coefficient (Wildman–Crippen LogP) is 1.35. The van der Waals surface area contributed by atoms with Gasteiger partial charge >= 0.3 is 5.97 Å². The molecular formula is C14H22N2O4S. The van der Waals surface area contributed by atoms with Crippen LogP contribution in [0.2, 0.25) is 0 Å². The van der Waals surface area contributed by atoms with E-state index in [0.717, 1.165) is 0 Å². The zero-order valence-electron chi connectivity index (χ0n) is 12.6. The SMILES string of the molecule is CCCN(CCN(C)C)S(=O)(=O)c1cccc(C(=O)O)c1. The van der Waals surface area contributed by atoms with Crippen LogP contribution >= 0.6 is 0 Å². The second kappa shape index (κ2) is 7.53. The van der Waals surface area contributed by atoms with Crippen molar-refractivity contribution in [3.05, 3.63) is 29.8 Å². The molecule has 0 atom stereocenters. The lowest BCUT2D eigenvalue weighted by Crippen LogP contribution is -2.37. The molecule has 0 aromatic heterocycles. The quantitative estimate of drug-likeness (QED) is 0.783. The lowest BCUT2D eigenvalue weighted by Gasteiger charge is -2.23. The van der Waals surface area contributed by atoms with Crippen LogP contribution in [0.4, 0.5) is 0 Å². The van der Waals surface area contributed by atoms with E-state index in [1.807, 2.05) is 25.9 Å². The van der Waals surface area contributed by atoms with Gasteiger partial charge in [-0.3, -0.25) is 0 Å². The Bertz CT molecular complexity index is 584. The van der Waals surface area contributed by atoms with Crippen molar-refractivity contribution in [2.24, 2.45) is 0 Å². The molecule has 0 unspecified atom stereocenters. The van der Waals surface area contributed by atoms with Gasteiger partial charge in [0, 0.05) is 19.6 Å². The van der Waals surface area contributed by atoms with E-state index in [-0.39, 0.29) is 10.5 Å². The first kappa shape index (κ1) is 17.6. The van der Waals surface area contributed by atoms with E-state index in [0.29, 0.717) is 26.1 Å². The lowest BCUT2D eigenvalue weighted by molar-refractivity contribution is 0.0696. The van der Waals surface area contributed by atoms with Gasteiger partial charge in [-0.15, -0.1) is 0 Å². The molecule has 0 saturated carbocycles. The van der Waals surface area contributed by atoms with Crippen molar-refractivity contribution < 1.29 is 18.3 Å². The number of rotatable bonds is 8. The Kier molecular flexibility index (Phi) is 6.32. The maximum atomic E-state index is 12.6. The summed E-state index contributed by atoms with van der Waals surface area (Å²) in [6.45, 7) is 3.30. The molecule has 0 amide bonds. The average molecular weight is 314 g/mol. The van der Waals surface area contributed by atoms with E-state index >= 15 is 0 Å². The highest BCUT2D eigenvalue weighted by atomic mass is 32.2. The number of benzene rings is 1. The second-order valence-electron chi connectivity index (χ2n) is 5.04. The Morgan fingerprint density at radius 3 is 2.38 bits per heavy atom. The first-order valence-corrected chi connectivity index (χ1v) is 8.21. The Morgan fingerprint density at radius 2 is 1.86 bits per heavy atom.